The van der Waals surface area contributed by atoms with Gasteiger partial charge in [-0.3, -0.25) is 14.9 Å². The van der Waals surface area contributed by atoms with Crippen LogP contribution < -0.4 is 4.90 Å². The van der Waals surface area contributed by atoms with Crippen LogP contribution in [-0.4, -0.2) is 51.7 Å². The second-order valence-electron chi connectivity index (χ2n) is 8.54. The van der Waals surface area contributed by atoms with Crippen molar-refractivity contribution in [1.29, 1.82) is 0 Å². The number of nitrogens with zero attached hydrogens (tertiary/aromatic N) is 5. The third-order valence-corrected chi connectivity index (χ3v) is 6.31. The van der Waals surface area contributed by atoms with Crippen molar-refractivity contribution in [3.05, 3.63) is 106 Å². The second-order valence-corrected chi connectivity index (χ2v) is 8.54. The van der Waals surface area contributed by atoms with Gasteiger partial charge in [0.1, 0.15) is 5.69 Å². The van der Waals surface area contributed by atoms with Crippen LogP contribution in [0.3, 0.4) is 0 Å². The van der Waals surface area contributed by atoms with Gasteiger partial charge in [-0.05, 0) is 30.7 Å². The first-order chi connectivity index (χ1) is 17.0. The van der Waals surface area contributed by atoms with Crippen LogP contribution in [0.2, 0.25) is 0 Å². The number of amides is 1. The Bertz CT molecular complexity index is 1370. The summed E-state index contributed by atoms with van der Waals surface area (Å²) < 4.78 is 1.52. The molecule has 176 valence electrons. The van der Waals surface area contributed by atoms with Gasteiger partial charge in [0.15, 0.2) is 0 Å². The zero-order valence-electron chi connectivity index (χ0n) is 19.4. The molecule has 8 heteroatoms. The lowest BCUT2D eigenvalue weighted by Crippen LogP contribution is -2.49. The quantitative estimate of drug-likeness (QED) is 0.313. The summed E-state index contributed by atoms with van der Waals surface area (Å²) >= 11 is 0. The van der Waals surface area contributed by atoms with Gasteiger partial charge in [-0.15, -0.1) is 0 Å². The van der Waals surface area contributed by atoms with E-state index in [1.807, 2.05) is 47.4 Å². The Hall–Kier alpha value is -4.46. The predicted molar refractivity (Wildman–Crippen MR) is 135 cm³/mol. The molecule has 8 nitrogen and oxygen atoms in total. The number of rotatable bonds is 5. The molecular formula is C27H25N5O3. The van der Waals surface area contributed by atoms with Crippen molar-refractivity contribution in [3.8, 4) is 16.9 Å². The van der Waals surface area contributed by atoms with Gasteiger partial charge in [0.05, 0.1) is 16.3 Å². The number of nitro groups is 1. The van der Waals surface area contributed by atoms with Gasteiger partial charge in [0.25, 0.3) is 11.6 Å². The highest BCUT2D eigenvalue weighted by molar-refractivity contribution is 5.94. The summed E-state index contributed by atoms with van der Waals surface area (Å²) in [5.74, 6) is -0.143. The molecule has 1 aliphatic rings. The first kappa shape index (κ1) is 22.3. The molecule has 5 rings (SSSR count). The van der Waals surface area contributed by atoms with Crippen molar-refractivity contribution in [2.24, 2.45) is 0 Å². The van der Waals surface area contributed by atoms with E-state index in [0.29, 0.717) is 30.2 Å². The minimum absolute atomic E-state index is 0.0514. The highest BCUT2D eigenvalue weighted by atomic mass is 16.6. The maximum Gasteiger partial charge on any atom is 0.272 e. The lowest BCUT2D eigenvalue weighted by atomic mass is 10.1. The van der Waals surface area contributed by atoms with Gasteiger partial charge in [0.2, 0.25) is 0 Å². The largest absolute Gasteiger partial charge is 0.368 e. The minimum Gasteiger partial charge on any atom is -0.368 e. The van der Waals surface area contributed by atoms with Crippen LogP contribution in [0.1, 0.15) is 16.1 Å². The fourth-order valence-corrected chi connectivity index (χ4v) is 4.45. The molecule has 0 N–H and O–H groups in total. The Kier molecular flexibility index (Phi) is 6.01. The SMILES string of the molecule is Cc1ccccc1N1CCN(C(=O)c2cc(-c3ccccc3)nn2-c2cccc([N+](=O)[O-])c2)CC1. The molecule has 1 amide bonds. The van der Waals surface area contributed by atoms with Crippen LogP contribution in [0.25, 0.3) is 16.9 Å². The average Bonchev–Trinajstić information content (AvgIpc) is 3.35. The van der Waals surface area contributed by atoms with Crippen molar-refractivity contribution < 1.29 is 9.72 Å². The standard InChI is InChI=1S/C27H25N5O3/c1-20-8-5-6-13-25(20)29-14-16-30(17-15-29)27(33)26-19-24(21-9-3-2-4-10-21)28-31(26)22-11-7-12-23(18-22)32(34)35/h2-13,18-19H,14-17H2,1H3. The van der Waals surface area contributed by atoms with Crippen LogP contribution in [-0.2, 0) is 0 Å². The molecule has 2 heterocycles. The third kappa shape index (κ3) is 4.50. The van der Waals surface area contributed by atoms with E-state index in [2.05, 4.69) is 29.1 Å². The van der Waals surface area contributed by atoms with Gasteiger partial charge in [0, 0.05) is 49.6 Å². The van der Waals surface area contributed by atoms with E-state index in [9.17, 15) is 14.9 Å². The van der Waals surface area contributed by atoms with Gasteiger partial charge in [-0.25, -0.2) is 4.68 Å². The molecule has 1 saturated heterocycles. The van der Waals surface area contributed by atoms with E-state index in [1.165, 1.54) is 28.1 Å². The molecule has 35 heavy (non-hydrogen) atoms. The fraction of sp³-hybridized carbons (Fsp3) is 0.185. The number of hydrogen-bond donors (Lipinski definition) is 0. The van der Waals surface area contributed by atoms with E-state index in [0.717, 1.165) is 18.7 Å². The van der Waals surface area contributed by atoms with Crippen LogP contribution in [0.4, 0.5) is 11.4 Å². The number of carbonyl (C=O) groups excluding carboxylic acids is 1. The van der Waals surface area contributed by atoms with E-state index in [1.54, 1.807) is 18.2 Å². The van der Waals surface area contributed by atoms with Crippen molar-refractivity contribution in [2.75, 3.05) is 31.1 Å². The van der Waals surface area contributed by atoms with Gasteiger partial charge in [-0.1, -0.05) is 54.6 Å². The molecule has 0 saturated carbocycles. The number of hydrogen-bond acceptors (Lipinski definition) is 5. The van der Waals surface area contributed by atoms with E-state index >= 15 is 0 Å². The number of aromatic nitrogens is 2. The number of anilines is 1. The molecule has 0 atom stereocenters. The lowest BCUT2D eigenvalue weighted by molar-refractivity contribution is -0.384. The molecule has 1 aromatic heterocycles. The Labute approximate surface area is 203 Å². The lowest BCUT2D eigenvalue weighted by Gasteiger charge is -2.36. The van der Waals surface area contributed by atoms with Crippen molar-refractivity contribution in [1.82, 2.24) is 14.7 Å². The van der Waals surface area contributed by atoms with Gasteiger partial charge < -0.3 is 9.80 Å². The number of benzene rings is 3. The summed E-state index contributed by atoms with van der Waals surface area (Å²) in [6.45, 7) is 4.71. The first-order valence-electron chi connectivity index (χ1n) is 11.5. The second kappa shape index (κ2) is 9.42. The number of carbonyl (C=O) groups is 1. The molecule has 0 spiro atoms. The van der Waals surface area contributed by atoms with E-state index < -0.39 is 4.92 Å². The summed E-state index contributed by atoms with van der Waals surface area (Å²) in [5.41, 5.74) is 4.71. The molecule has 4 aromatic rings. The Morgan fingerprint density at radius 2 is 1.60 bits per heavy atom. The summed E-state index contributed by atoms with van der Waals surface area (Å²) in [5, 5.41) is 16.0. The number of piperazine rings is 1. The molecule has 0 bridgehead atoms. The smallest absolute Gasteiger partial charge is 0.272 e. The number of nitro benzene ring substituents is 1. The van der Waals surface area contributed by atoms with Crippen LogP contribution in [0, 0.1) is 17.0 Å². The van der Waals surface area contributed by atoms with Crippen molar-refractivity contribution >= 4 is 17.3 Å². The molecule has 1 fully saturated rings. The summed E-state index contributed by atoms with van der Waals surface area (Å²) in [4.78, 5) is 28.7. The molecule has 0 radical (unpaired) electrons. The Morgan fingerprint density at radius 3 is 2.31 bits per heavy atom. The highest BCUT2D eigenvalue weighted by Crippen LogP contribution is 2.26. The predicted octanol–water partition coefficient (Wildman–Crippen LogP) is 4.72. The maximum atomic E-state index is 13.7. The first-order valence-corrected chi connectivity index (χ1v) is 11.5. The number of aryl methyl sites for hydroxylation is 1. The fourth-order valence-electron chi connectivity index (χ4n) is 4.45. The summed E-state index contributed by atoms with van der Waals surface area (Å²) in [6.07, 6.45) is 0. The third-order valence-electron chi connectivity index (χ3n) is 6.31. The summed E-state index contributed by atoms with van der Waals surface area (Å²) in [6, 6.07) is 25.8. The van der Waals surface area contributed by atoms with Crippen LogP contribution >= 0.6 is 0 Å². The molecular weight excluding hydrogens is 442 g/mol. The maximum absolute atomic E-state index is 13.7. The van der Waals surface area contributed by atoms with E-state index in [-0.39, 0.29) is 11.6 Å². The van der Waals surface area contributed by atoms with Gasteiger partial charge in [-0.2, -0.15) is 5.10 Å². The normalized spacial score (nSPS) is 13.6. The van der Waals surface area contributed by atoms with Crippen molar-refractivity contribution in [3.63, 3.8) is 0 Å². The molecule has 0 aliphatic carbocycles. The average molecular weight is 468 g/mol. The van der Waals surface area contributed by atoms with Gasteiger partial charge >= 0.3 is 0 Å². The van der Waals surface area contributed by atoms with Crippen LogP contribution in [0.5, 0.6) is 0 Å². The summed E-state index contributed by atoms with van der Waals surface area (Å²) in [7, 11) is 0. The molecule has 0 unspecified atom stereocenters. The van der Waals surface area contributed by atoms with E-state index in [4.69, 9.17) is 0 Å². The topological polar surface area (TPSA) is 84.5 Å². The number of non-ortho nitro benzene ring substituents is 1. The Balaban J connectivity index is 1.46. The minimum atomic E-state index is -0.447. The Morgan fingerprint density at radius 1 is 0.886 bits per heavy atom. The zero-order chi connectivity index (χ0) is 24.4. The molecule has 3 aromatic carbocycles. The van der Waals surface area contributed by atoms with Crippen molar-refractivity contribution in [2.45, 2.75) is 6.92 Å². The molecule has 1 aliphatic heterocycles. The van der Waals surface area contributed by atoms with Crippen LogP contribution in [0.15, 0.2) is 84.9 Å². The zero-order valence-corrected chi connectivity index (χ0v) is 19.4. The monoisotopic (exact) mass is 467 g/mol. The number of para-hydroxylation sites is 1. The highest BCUT2D eigenvalue weighted by Gasteiger charge is 2.27.